The number of pyridine rings is 1. The molecule has 1 aromatic carbocycles. The van der Waals surface area contributed by atoms with Gasteiger partial charge >= 0.3 is 0 Å². The second-order valence-electron chi connectivity index (χ2n) is 3.53. The van der Waals surface area contributed by atoms with Gasteiger partial charge in [0.2, 0.25) is 0 Å². The molecule has 4 nitrogen and oxygen atoms in total. The van der Waals surface area contributed by atoms with E-state index in [0.717, 1.165) is 6.07 Å². The van der Waals surface area contributed by atoms with Crippen LogP contribution in [0.4, 0.5) is 15.9 Å². The van der Waals surface area contributed by atoms with E-state index in [1.54, 1.807) is 12.1 Å². The lowest BCUT2D eigenvalue weighted by molar-refractivity contribution is 0.102. The van der Waals surface area contributed by atoms with Gasteiger partial charge in [-0.05, 0) is 30.3 Å². The number of anilines is 2. The molecule has 3 N–H and O–H groups in total. The molecular weight excluding hydrogens is 257 g/mol. The Morgan fingerprint density at radius 1 is 1.33 bits per heavy atom. The fourth-order valence-electron chi connectivity index (χ4n) is 1.36. The number of benzene rings is 1. The maximum absolute atomic E-state index is 13.0. The Bertz CT molecular complexity index is 604. The van der Waals surface area contributed by atoms with E-state index in [1.807, 2.05) is 0 Å². The highest BCUT2D eigenvalue weighted by atomic mass is 35.5. The van der Waals surface area contributed by atoms with Crippen molar-refractivity contribution in [2.24, 2.45) is 0 Å². The number of nitrogen functional groups attached to an aromatic ring is 1. The van der Waals surface area contributed by atoms with Gasteiger partial charge in [0.15, 0.2) is 0 Å². The molecule has 0 aliphatic rings. The molecule has 0 saturated heterocycles. The summed E-state index contributed by atoms with van der Waals surface area (Å²) in [6.45, 7) is 0. The molecule has 2 rings (SSSR count). The average Bonchev–Trinajstić information content (AvgIpc) is 2.34. The van der Waals surface area contributed by atoms with Crippen molar-refractivity contribution < 1.29 is 9.18 Å². The van der Waals surface area contributed by atoms with Gasteiger partial charge in [-0.25, -0.2) is 9.37 Å². The normalized spacial score (nSPS) is 10.1. The number of halogens is 2. The summed E-state index contributed by atoms with van der Waals surface area (Å²) in [6.07, 6.45) is 0. The van der Waals surface area contributed by atoms with Gasteiger partial charge in [0, 0.05) is 0 Å². The van der Waals surface area contributed by atoms with Crippen LogP contribution in [0, 0.1) is 5.82 Å². The number of aromatic nitrogens is 1. The van der Waals surface area contributed by atoms with Crippen LogP contribution in [0.2, 0.25) is 5.02 Å². The van der Waals surface area contributed by atoms with Gasteiger partial charge in [-0.15, -0.1) is 0 Å². The predicted octanol–water partition coefficient (Wildman–Crippen LogP) is 2.71. The van der Waals surface area contributed by atoms with Gasteiger partial charge in [0.25, 0.3) is 5.91 Å². The molecule has 0 unspecified atom stereocenters. The first-order valence-corrected chi connectivity index (χ1v) is 5.43. The van der Waals surface area contributed by atoms with Crippen molar-refractivity contribution in [2.75, 3.05) is 11.1 Å². The van der Waals surface area contributed by atoms with E-state index in [1.165, 1.54) is 18.2 Å². The van der Waals surface area contributed by atoms with Crippen LogP contribution in [0.15, 0.2) is 36.4 Å². The highest BCUT2D eigenvalue weighted by Gasteiger charge is 2.10. The molecule has 0 aliphatic heterocycles. The third kappa shape index (κ3) is 2.75. The van der Waals surface area contributed by atoms with Gasteiger partial charge in [-0.3, -0.25) is 4.79 Å². The number of amides is 1. The van der Waals surface area contributed by atoms with Crippen molar-refractivity contribution in [1.29, 1.82) is 0 Å². The first-order chi connectivity index (χ1) is 8.56. The lowest BCUT2D eigenvalue weighted by atomic mass is 10.3. The molecule has 0 spiro atoms. The summed E-state index contributed by atoms with van der Waals surface area (Å²) in [5.74, 6) is -0.766. The molecule has 1 aromatic heterocycles. The minimum atomic E-state index is -0.505. The third-order valence-corrected chi connectivity index (χ3v) is 2.51. The fourth-order valence-corrected chi connectivity index (χ4v) is 1.52. The van der Waals surface area contributed by atoms with Crippen LogP contribution in [0.1, 0.15) is 10.5 Å². The molecule has 0 aliphatic carbocycles. The Kier molecular flexibility index (Phi) is 3.43. The molecule has 0 atom stereocenters. The second-order valence-corrected chi connectivity index (χ2v) is 3.93. The molecule has 2 aromatic rings. The number of carbonyl (C=O) groups is 1. The van der Waals surface area contributed by atoms with Crippen molar-refractivity contribution in [2.45, 2.75) is 0 Å². The number of carbonyl (C=O) groups excluding carboxylic acids is 1. The summed E-state index contributed by atoms with van der Waals surface area (Å²) in [7, 11) is 0. The largest absolute Gasteiger partial charge is 0.384 e. The molecule has 1 amide bonds. The number of rotatable bonds is 2. The molecule has 6 heteroatoms. The van der Waals surface area contributed by atoms with Crippen molar-refractivity contribution in [3.63, 3.8) is 0 Å². The van der Waals surface area contributed by atoms with E-state index >= 15 is 0 Å². The summed E-state index contributed by atoms with van der Waals surface area (Å²) in [4.78, 5) is 15.7. The van der Waals surface area contributed by atoms with Crippen molar-refractivity contribution >= 4 is 29.0 Å². The minimum Gasteiger partial charge on any atom is -0.384 e. The van der Waals surface area contributed by atoms with Crippen LogP contribution in [0.25, 0.3) is 0 Å². The van der Waals surface area contributed by atoms with Crippen molar-refractivity contribution in [3.05, 3.63) is 52.9 Å². The minimum absolute atomic E-state index is 0.135. The van der Waals surface area contributed by atoms with Crippen LogP contribution in [0.3, 0.4) is 0 Å². The van der Waals surface area contributed by atoms with Crippen LogP contribution in [-0.2, 0) is 0 Å². The Labute approximate surface area is 108 Å². The highest BCUT2D eigenvalue weighted by Crippen LogP contribution is 2.22. The van der Waals surface area contributed by atoms with Gasteiger partial charge < -0.3 is 11.1 Å². The maximum atomic E-state index is 13.0. The molecule has 0 bridgehead atoms. The van der Waals surface area contributed by atoms with Crippen LogP contribution in [-0.4, -0.2) is 10.9 Å². The van der Waals surface area contributed by atoms with E-state index in [-0.39, 0.29) is 22.2 Å². The molecule has 1 heterocycles. The smallest absolute Gasteiger partial charge is 0.274 e. The third-order valence-electron chi connectivity index (χ3n) is 2.18. The standard InChI is InChI=1S/C12H9ClFN3O/c13-8-5-4-7(14)6-10(8)17-12(18)9-2-1-3-11(15)16-9/h1-6H,(H2,15,16)(H,17,18). The molecule has 92 valence electrons. The SMILES string of the molecule is Nc1cccc(C(=O)Nc2cc(F)ccc2Cl)n1. The van der Waals surface area contributed by atoms with Crippen molar-refractivity contribution in [1.82, 2.24) is 4.98 Å². The number of nitrogens with two attached hydrogens (primary N) is 1. The van der Waals surface area contributed by atoms with Crippen LogP contribution in [0.5, 0.6) is 0 Å². The lowest BCUT2D eigenvalue weighted by Crippen LogP contribution is -2.14. The van der Waals surface area contributed by atoms with E-state index in [0.29, 0.717) is 0 Å². The number of nitrogens with one attached hydrogen (secondary N) is 1. The fraction of sp³-hybridized carbons (Fsp3) is 0. The lowest BCUT2D eigenvalue weighted by Gasteiger charge is -2.07. The Morgan fingerprint density at radius 3 is 2.83 bits per heavy atom. The van der Waals surface area contributed by atoms with Crippen LogP contribution < -0.4 is 11.1 Å². The maximum Gasteiger partial charge on any atom is 0.274 e. The van der Waals surface area contributed by atoms with Crippen LogP contribution >= 0.6 is 11.6 Å². The van der Waals surface area contributed by atoms with Gasteiger partial charge in [-0.2, -0.15) is 0 Å². The molecule has 18 heavy (non-hydrogen) atoms. The second kappa shape index (κ2) is 5.01. The molecule has 0 radical (unpaired) electrons. The summed E-state index contributed by atoms with van der Waals surface area (Å²) in [5, 5.41) is 2.71. The Morgan fingerprint density at radius 2 is 2.11 bits per heavy atom. The van der Waals surface area contributed by atoms with E-state index in [9.17, 15) is 9.18 Å². The zero-order valence-electron chi connectivity index (χ0n) is 9.15. The summed E-state index contributed by atoms with van der Waals surface area (Å²) in [6, 6.07) is 8.36. The van der Waals surface area contributed by atoms with E-state index < -0.39 is 11.7 Å². The molecule has 0 saturated carbocycles. The number of nitrogens with zero attached hydrogens (tertiary/aromatic N) is 1. The topological polar surface area (TPSA) is 68.0 Å². The Balaban J connectivity index is 2.24. The zero-order valence-corrected chi connectivity index (χ0v) is 9.91. The zero-order chi connectivity index (χ0) is 13.1. The quantitative estimate of drug-likeness (QED) is 0.877. The van der Waals surface area contributed by atoms with Gasteiger partial charge in [-0.1, -0.05) is 17.7 Å². The average molecular weight is 266 g/mol. The monoisotopic (exact) mass is 265 g/mol. The molecule has 0 fully saturated rings. The molecular formula is C12H9ClFN3O. The summed E-state index contributed by atoms with van der Waals surface area (Å²) < 4.78 is 13.0. The van der Waals surface area contributed by atoms with Gasteiger partial charge in [0.05, 0.1) is 10.7 Å². The van der Waals surface area contributed by atoms with E-state index in [4.69, 9.17) is 17.3 Å². The number of hydrogen-bond donors (Lipinski definition) is 2. The highest BCUT2D eigenvalue weighted by molar-refractivity contribution is 6.33. The number of hydrogen-bond acceptors (Lipinski definition) is 3. The van der Waals surface area contributed by atoms with Crippen molar-refractivity contribution in [3.8, 4) is 0 Å². The summed E-state index contributed by atoms with van der Waals surface area (Å²) in [5.41, 5.74) is 5.79. The summed E-state index contributed by atoms with van der Waals surface area (Å²) >= 11 is 5.83. The van der Waals surface area contributed by atoms with Gasteiger partial charge in [0.1, 0.15) is 17.3 Å². The first-order valence-electron chi connectivity index (χ1n) is 5.05. The predicted molar refractivity (Wildman–Crippen MR) is 68.0 cm³/mol. The first kappa shape index (κ1) is 12.3. The Hall–Kier alpha value is -2.14. The van der Waals surface area contributed by atoms with E-state index in [2.05, 4.69) is 10.3 Å².